The fourth-order valence-electron chi connectivity index (χ4n) is 3.30. The Morgan fingerprint density at radius 2 is 1.93 bits per heavy atom. The molecule has 1 aliphatic rings. The highest BCUT2D eigenvalue weighted by atomic mass is 35.5. The Kier molecular flexibility index (Phi) is 6.22. The second kappa shape index (κ2) is 8.67. The van der Waals surface area contributed by atoms with Crippen LogP contribution in [0, 0.1) is 13.8 Å². The molecule has 0 saturated heterocycles. The molecule has 1 aliphatic heterocycles. The van der Waals surface area contributed by atoms with Crippen molar-refractivity contribution in [3.63, 3.8) is 0 Å². The zero-order valence-electron chi connectivity index (χ0n) is 17.2. The van der Waals surface area contributed by atoms with Gasteiger partial charge in [0.2, 0.25) is 0 Å². The van der Waals surface area contributed by atoms with Gasteiger partial charge in [-0.1, -0.05) is 17.7 Å². The highest BCUT2D eigenvalue weighted by Crippen LogP contribution is 2.39. The van der Waals surface area contributed by atoms with E-state index in [1.165, 1.54) is 12.1 Å². The standard InChI is InChI=1S/C22H24ClN3O4/c1-5-30-18-9-15(16(23)10-17(18)27)20-19(13(4)24-22(29)26-20)21(28)25-14-7-6-11(2)12(3)8-14/h6-10,20,27H,5H2,1-4H3,(H,25,28)(H2,24,26,29)/t20-/m1/s1. The minimum absolute atomic E-state index is 0.118. The van der Waals surface area contributed by atoms with Gasteiger partial charge in [-0.15, -0.1) is 0 Å². The number of benzene rings is 2. The first-order valence-corrected chi connectivity index (χ1v) is 9.91. The van der Waals surface area contributed by atoms with Crippen molar-refractivity contribution >= 4 is 29.2 Å². The molecule has 2 aromatic rings. The van der Waals surface area contributed by atoms with Gasteiger partial charge in [-0.05, 0) is 57.0 Å². The smallest absolute Gasteiger partial charge is 0.319 e. The van der Waals surface area contributed by atoms with Crippen LogP contribution in [0.3, 0.4) is 0 Å². The number of halogens is 1. The molecular formula is C22H24ClN3O4. The number of phenolic OH excluding ortho intramolecular Hbond substituents is 1. The van der Waals surface area contributed by atoms with Crippen molar-refractivity contribution in [3.8, 4) is 11.5 Å². The molecule has 0 saturated carbocycles. The lowest BCUT2D eigenvalue weighted by atomic mass is 9.94. The molecule has 1 atom stereocenters. The molecule has 0 radical (unpaired) electrons. The van der Waals surface area contributed by atoms with Crippen molar-refractivity contribution in [3.05, 3.63) is 63.3 Å². The molecule has 0 spiro atoms. The number of aromatic hydroxyl groups is 1. The van der Waals surface area contributed by atoms with E-state index in [4.69, 9.17) is 16.3 Å². The van der Waals surface area contributed by atoms with Crippen molar-refractivity contribution in [1.29, 1.82) is 0 Å². The zero-order chi connectivity index (χ0) is 22.0. The number of allylic oxidation sites excluding steroid dienone is 1. The number of hydrogen-bond donors (Lipinski definition) is 4. The number of aryl methyl sites for hydroxylation is 2. The van der Waals surface area contributed by atoms with E-state index in [9.17, 15) is 14.7 Å². The lowest BCUT2D eigenvalue weighted by Gasteiger charge is -2.29. The SMILES string of the molecule is CCOc1cc([C@H]2NC(=O)NC(C)=C2C(=O)Nc2ccc(C)c(C)c2)c(Cl)cc1O. The van der Waals surface area contributed by atoms with Crippen LogP contribution in [0.4, 0.5) is 10.5 Å². The van der Waals surface area contributed by atoms with E-state index in [2.05, 4.69) is 16.0 Å². The van der Waals surface area contributed by atoms with Crippen molar-refractivity contribution in [2.75, 3.05) is 11.9 Å². The monoisotopic (exact) mass is 429 g/mol. The van der Waals surface area contributed by atoms with Gasteiger partial charge in [0.15, 0.2) is 11.5 Å². The summed E-state index contributed by atoms with van der Waals surface area (Å²) in [7, 11) is 0. The minimum Gasteiger partial charge on any atom is -0.504 e. The maximum absolute atomic E-state index is 13.2. The van der Waals surface area contributed by atoms with Crippen LogP contribution in [0.15, 0.2) is 41.6 Å². The van der Waals surface area contributed by atoms with Crippen LogP contribution in [-0.4, -0.2) is 23.7 Å². The number of carbonyl (C=O) groups is 2. The molecular weight excluding hydrogens is 406 g/mol. The Bertz CT molecular complexity index is 1050. The second-order valence-corrected chi connectivity index (χ2v) is 7.50. The molecule has 8 heteroatoms. The molecule has 1 heterocycles. The third-order valence-electron chi connectivity index (χ3n) is 4.97. The van der Waals surface area contributed by atoms with Gasteiger partial charge in [0.05, 0.1) is 23.2 Å². The number of ether oxygens (including phenoxy) is 1. The van der Waals surface area contributed by atoms with E-state index < -0.39 is 12.1 Å². The van der Waals surface area contributed by atoms with E-state index >= 15 is 0 Å². The van der Waals surface area contributed by atoms with Gasteiger partial charge >= 0.3 is 6.03 Å². The lowest BCUT2D eigenvalue weighted by molar-refractivity contribution is -0.113. The van der Waals surface area contributed by atoms with Crippen LogP contribution in [0.1, 0.15) is 36.6 Å². The number of rotatable bonds is 5. The quantitative estimate of drug-likeness (QED) is 0.568. The summed E-state index contributed by atoms with van der Waals surface area (Å²) in [4.78, 5) is 25.3. The molecule has 158 valence electrons. The van der Waals surface area contributed by atoms with Gasteiger partial charge in [-0.2, -0.15) is 0 Å². The summed E-state index contributed by atoms with van der Waals surface area (Å²) in [5.41, 5.74) is 3.97. The predicted octanol–water partition coefficient (Wildman–Crippen LogP) is 4.33. The van der Waals surface area contributed by atoms with Crippen LogP contribution >= 0.6 is 11.6 Å². The summed E-state index contributed by atoms with van der Waals surface area (Å²) in [6.45, 7) is 7.73. The summed E-state index contributed by atoms with van der Waals surface area (Å²) in [5.74, 6) is -0.278. The molecule has 0 bridgehead atoms. The van der Waals surface area contributed by atoms with Crippen LogP contribution in [0.5, 0.6) is 11.5 Å². The van der Waals surface area contributed by atoms with E-state index in [1.807, 2.05) is 32.0 Å². The first-order chi connectivity index (χ1) is 14.2. The van der Waals surface area contributed by atoms with Crippen molar-refractivity contribution in [1.82, 2.24) is 10.6 Å². The highest BCUT2D eigenvalue weighted by molar-refractivity contribution is 6.31. The number of hydrogen-bond acceptors (Lipinski definition) is 4. The third-order valence-corrected chi connectivity index (χ3v) is 5.29. The first kappa shape index (κ1) is 21.5. The fourth-order valence-corrected chi connectivity index (χ4v) is 3.56. The number of carbonyl (C=O) groups excluding carboxylic acids is 2. The van der Waals surface area contributed by atoms with E-state index in [1.54, 1.807) is 13.8 Å². The topological polar surface area (TPSA) is 99.7 Å². The maximum atomic E-state index is 13.2. The molecule has 30 heavy (non-hydrogen) atoms. The number of phenols is 1. The largest absolute Gasteiger partial charge is 0.504 e. The maximum Gasteiger partial charge on any atom is 0.319 e. The third kappa shape index (κ3) is 4.36. The van der Waals surface area contributed by atoms with Gasteiger partial charge < -0.3 is 25.8 Å². The molecule has 2 aromatic carbocycles. The zero-order valence-corrected chi connectivity index (χ0v) is 18.0. The molecule has 7 nitrogen and oxygen atoms in total. The summed E-state index contributed by atoms with van der Waals surface area (Å²) in [6.07, 6.45) is 0. The van der Waals surface area contributed by atoms with Crippen LogP contribution < -0.4 is 20.7 Å². The number of anilines is 1. The molecule has 0 aliphatic carbocycles. The molecule has 0 aromatic heterocycles. The Morgan fingerprint density at radius 1 is 1.20 bits per heavy atom. The minimum atomic E-state index is -0.822. The lowest BCUT2D eigenvalue weighted by Crippen LogP contribution is -2.46. The molecule has 3 amide bonds. The average Bonchev–Trinajstić information content (AvgIpc) is 2.66. The Balaban J connectivity index is 2.02. The fraction of sp³-hybridized carbons (Fsp3) is 0.273. The Labute approximate surface area is 180 Å². The van der Waals surface area contributed by atoms with Crippen LogP contribution in [-0.2, 0) is 4.79 Å². The highest BCUT2D eigenvalue weighted by Gasteiger charge is 2.33. The second-order valence-electron chi connectivity index (χ2n) is 7.10. The molecule has 0 unspecified atom stereocenters. The number of amides is 3. The number of nitrogens with one attached hydrogen (secondary N) is 3. The first-order valence-electron chi connectivity index (χ1n) is 9.53. The summed E-state index contributed by atoms with van der Waals surface area (Å²) >= 11 is 6.36. The van der Waals surface area contributed by atoms with Gasteiger partial charge in [0, 0.05) is 23.0 Å². The molecule has 4 N–H and O–H groups in total. The van der Waals surface area contributed by atoms with Gasteiger partial charge in [-0.25, -0.2) is 4.79 Å². The van der Waals surface area contributed by atoms with Crippen LogP contribution in [0.2, 0.25) is 5.02 Å². The van der Waals surface area contributed by atoms with Crippen LogP contribution in [0.25, 0.3) is 0 Å². The van der Waals surface area contributed by atoms with Crippen molar-refractivity contribution < 1.29 is 19.4 Å². The summed E-state index contributed by atoms with van der Waals surface area (Å²) in [6, 6.07) is 7.22. The van der Waals surface area contributed by atoms with E-state index in [0.29, 0.717) is 29.1 Å². The Hall–Kier alpha value is -3.19. The summed E-state index contributed by atoms with van der Waals surface area (Å²) < 4.78 is 5.44. The molecule has 0 fully saturated rings. The van der Waals surface area contributed by atoms with E-state index in [-0.39, 0.29) is 22.4 Å². The van der Waals surface area contributed by atoms with E-state index in [0.717, 1.165) is 11.1 Å². The van der Waals surface area contributed by atoms with Crippen molar-refractivity contribution in [2.24, 2.45) is 0 Å². The molecule has 3 rings (SSSR count). The normalized spacial score (nSPS) is 16.0. The predicted molar refractivity (Wildman–Crippen MR) is 116 cm³/mol. The summed E-state index contributed by atoms with van der Waals surface area (Å²) in [5, 5.41) is 18.5. The van der Waals surface area contributed by atoms with Crippen molar-refractivity contribution in [2.45, 2.75) is 33.7 Å². The average molecular weight is 430 g/mol. The van der Waals surface area contributed by atoms with Gasteiger partial charge in [-0.3, -0.25) is 4.79 Å². The van der Waals surface area contributed by atoms with Gasteiger partial charge in [0.25, 0.3) is 5.91 Å². The Morgan fingerprint density at radius 3 is 2.60 bits per heavy atom. The van der Waals surface area contributed by atoms with Gasteiger partial charge in [0.1, 0.15) is 0 Å². The number of urea groups is 1.